The van der Waals surface area contributed by atoms with Crippen LogP contribution >= 0.6 is 0 Å². The summed E-state index contributed by atoms with van der Waals surface area (Å²) in [7, 11) is 5.11. The standard InChI is InChI=1S/C13H18N4O2/c1-9-10(13(19-4)17(2)16-9)8-15-11-6-5-7-14-12(11)18-3/h5-7,15H,8H2,1-4H3. The van der Waals surface area contributed by atoms with E-state index in [1.807, 2.05) is 26.1 Å². The van der Waals surface area contributed by atoms with Crippen LogP contribution in [0, 0.1) is 6.92 Å². The highest BCUT2D eigenvalue weighted by molar-refractivity contribution is 5.52. The molecule has 2 aromatic rings. The second-order valence-electron chi connectivity index (χ2n) is 4.11. The van der Waals surface area contributed by atoms with E-state index in [1.165, 1.54) is 0 Å². The highest BCUT2D eigenvalue weighted by Crippen LogP contribution is 2.25. The Morgan fingerprint density at radius 2 is 2.11 bits per heavy atom. The van der Waals surface area contributed by atoms with E-state index in [4.69, 9.17) is 9.47 Å². The van der Waals surface area contributed by atoms with Gasteiger partial charge in [-0.2, -0.15) is 5.10 Å². The fourth-order valence-corrected chi connectivity index (χ4v) is 2.01. The van der Waals surface area contributed by atoms with Crippen LogP contribution in [0.1, 0.15) is 11.3 Å². The van der Waals surface area contributed by atoms with E-state index >= 15 is 0 Å². The Balaban J connectivity index is 2.19. The fraction of sp³-hybridized carbons (Fsp3) is 0.385. The molecule has 0 radical (unpaired) electrons. The molecule has 1 N–H and O–H groups in total. The minimum Gasteiger partial charge on any atom is -0.481 e. The summed E-state index contributed by atoms with van der Waals surface area (Å²) in [5.74, 6) is 1.33. The summed E-state index contributed by atoms with van der Waals surface area (Å²) >= 11 is 0. The predicted octanol–water partition coefficient (Wildman–Crippen LogP) is 1.75. The zero-order chi connectivity index (χ0) is 13.8. The number of anilines is 1. The first-order valence-electron chi connectivity index (χ1n) is 5.96. The number of rotatable bonds is 5. The van der Waals surface area contributed by atoms with Gasteiger partial charge in [-0.25, -0.2) is 9.67 Å². The third kappa shape index (κ3) is 2.62. The van der Waals surface area contributed by atoms with Crippen molar-refractivity contribution in [2.45, 2.75) is 13.5 Å². The normalized spacial score (nSPS) is 10.3. The Labute approximate surface area is 112 Å². The van der Waals surface area contributed by atoms with Gasteiger partial charge in [0, 0.05) is 19.8 Å². The number of nitrogens with one attached hydrogen (secondary N) is 1. The molecule has 0 aromatic carbocycles. The topological polar surface area (TPSA) is 61.2 Å². The summed E-state index contributed by atoms with van der Waals surface area (Å²) in [6.45, 7) is 2.56. The zero-order valence-corrected chi connectivity index (χ0v) is 11.6. The van der Waals surface area contributed by atoms with Crippen LogP contribution in [-0.4, -0.2) is 29.0 Å². The van der Waals surface area contributed by atoms with Gasteiger partial charge >= 0.3 is 0 Å². The summed E-state index contributed by atoms with van der Waals surface area (Å²) in [4.78, 5) is 4.14. The summed E-state index contributed by atoms with van der Waals surface area (Å²) in [5.41, 5.74) is 2.81. The Hall–Kier alpha value is -2.24. The number of ether oxygens (including phenoxy) is 2. The maximum absolute atomic E-state index is 5.36. The van der Waals surface area contributed by atoms with Gasteiger partial charge in [0.2, 0.25) is 11.8 Å². The number of aryl methyl sites for hydroxylation is 2. The van der Waals surface area contributed by atoms with E-state index in [0.29, 0.717) is 12.4 Å². The predicted molar refractivity (Wildman–Crippen MR) is 72.6 cm³/mol. The van der Waals surface area contributed by atoms with Crippen molar-refractivity contribution in [3.63, 3.8) is 0 Å². The molecule has 6 nitrogen and oxygen atoms in total. The largest absolute Gasteiger partial charge is 0.481 e. The average Bonchev–Trinajstić information content (AvgIpc) is 2.70. The Morgan fingerprint density at radius 1 is 1.32 bits per heavy atom. The molecule has 0 fully saturated rings. The highest BCUT2D eigenvalue weighted by Gasteiger charge is 2.14. The third-order valence-corrected chi connectivity index (χ3v) is 2.90. The molecule has 102 valence electrons. The first-order chi connectivity index (χ1) is 9.17. The van der Waals surface area contributed by atoms with Gasteiger partial charge in [-0.3, -0.25) is 0 Å². The van der Waals surface area contributed by atoms with Crippen LogP contribution in [0.15, 0.2) is 18.3 Å². The van der Waals surface area contributed by atoms with Gasteiger partial charge in [-0.15, -0.1) is 0 Å². The van der Waals surface area contributed by atoms with Crippen molar-refractivity contribution in [1.82, 2.24) is 14.8 Å². The lowest BCUT2D eigenvalue weighted by atomic mass is 10.2. The number of nitrogens with zero attached hydrogens (tertiary/aromatic N) is 3. The number of methoxy groups -OCH3 is 2. The molecule has 0 amide bonds. The van der Waals surface area contributed by atoms with E-state index < -0.39 is 0 Å². The quantitative estimate of drug-likeness (QED) is 0.889. The van der Waals surface area contributed by atoms with E-state index in [1.54, 1.807) is 25.1 Å². The summed E-state index contributed by atoms with van der Waals surface area (Å²) in [6, 6.07) is 3.78. The van der Waals surface area contributed by atoms with Crippen LogP contribution in [0.25, 0.3) is 0 Å². The molecule has 2 rings (SSSR count). The monoisotopic (exact) mass is 262 g/mol. The molecule has 2 aromatic heterocycles. The van der Waals surface area contributed by atoms with E-state index in [-0.39, 0.29) is 0 Å². The van der Waals surface area contributed by atoms with Crippen LogP contribution in [-0.2, 0) is 13.6 Å². The van der Waals surface area contributed by atoms with Crippen LogP contribution < -0.4 is 14.8 Å². The van der Waals surface area contributed by atoms with E-state index in [9.17, 15) is 0 Å². The number of aromatic nitrogens is 3. The lowest BCUT2D eigenvalue weighted by Gasteiger charge is -2.10. The molecule has 6 heteroatoms. The van der Waals surface area contributed by atoms with Crippen LogP contribution in [0.2, 0.25) is 0 Å². The Kier molecular flexibility index (Phi) is 3.89. The number of hydrogen-bond acceptors (Lipinski definition) is 5. The van der Waals surface area contributed by atoms with E-state index in [2.05, 4.69) is 15.4 Å². The first-order valence-corrected chi connectivity index (χ1v) is 5.96. The second-order valence-corrected chi connectivity index (χ2v) is 4.11. The zero-order valence-electron chi connectivity index (χ0n) is 11.6. The molecule has 0 bridgehead atoms. The van der Waals surface area contributed by atoms with Crippen molar-refractivity contribution in [2.24, 2.45) is 7.05 Å². The van der Waals surface area contributed by atoms with Gasteiger partial charge in [-0.05, 0) is 19.1 Å². The molecule has 0 atom stereocenters. The SMILES string of the molecule is COc1ncccc1NCc1c(C)nn(C)c1OC. The summed E-state index contributed by atoms with van der Waals surface area (Å²) in [6.07, 6.45) is 1.69. The molecular formula is C13H18N4O2. The molecule has 2 heterocycles. The van der Waals surface area contributed by atoms with Gasteiger partial charge in [0.25, 0.3) is 0 Å². The molecule has 0 saturated heterocycles. The fourth-order valence-electron chi connectivity index (χ4n) is 2.01. The molecule has 0 aliphatic carbocycles. The van der Waals surface area contributed by atoms with E-state index in [0.717, 1.165) is 22.8 Å². The molecule has 0 saturated carbocycles. The molecule has 19 heavy (non-hydrogen) atoms. The van der Waals surface area contributed by atoms with Gasteiger partial charge in [0.15, 0.2) is 0 Å². The Bertz CT molecular complexity index is 566. The molecular weight excluding hydrogens is 244 g/mol. The number of pyridine rings is 1. The summed E-state index contributed by atoms with van der Waals surface area (Å²) in [5, 5.41) is 7.63. The lowest BCUT2D eigenvalue weighted by molar-refractivity contribution is 0.369. The van der Waals surface area contributed by atoms with Crippen molar-refractivity contribution in [2.75, 3.05) is 19.5 Å². The van der Waals surface area contributed by atoms with Crippen molar-refractivity contribution in [1.29, 1.82) is 0 Å². The van der Waals surface area contributed by atoms with Crippen molar-refractivity contribution in [3.05, 3.63) is 29.6 Å². The first kappa shape index (κ1) is 13.2. The van der Waals surface area contributed by atoms with Crippen molar-refractivity contribution >= 4 is 5.69 Å². The van der Waals surface area contributed by atoms with Gasteiger partial charge < -0.3 is 14.8 Å². The van der Waals surface area contributed by atoms with Crippen LogP contribution in [0.4, 0.5) is 5.69 Å². The number of hydrogen-bond donors (Lipinski definition) is 1. The summed E-state index contributed by atoms with van der Waals surface area (Å²) < 4.78 is 12.3. The molecule has 0 aliphatic heterocycles. The minimum atomic E-state index is 0.572. The van der Waals surface area contributed by atoms with Gasteiger partial charge in [0.05, 0.1) is 31.2 Å². The van der Waals surface area contributed by atoms with Crippen molar-refractivity contribution in [3.8, 4) is 11.8 Å². The van der Waals surface area contributed by atoms with Gasteiger partial charge in [0.1, 0.15) is 0 Å². The van der Waals surface area contributed by atoms with Crippen LogP contribution in [0.5, 0.6) is 11.8 Å². The lowest BCUT2D eigenvalue weighted by Crippen LogP contribution is -2.04. The highest BCUT2D eigenvalue weighted by atomic mass is 16.5. The molecule has 0 aliphatic rings. The second kappa shape index (κ2) is 5.60. The smallest absolute Gasteiger partial charge is 0.237 e. The third-order valence-electron chi connectivity index (χ3n) is 2.90. The minimum absolute atomic E-state index is 0.572. The van der Waals surface area contributed by atoms with Crippen molar-refractivity contribution < 1.29 is 9.47 Å². The molecule has 0 unspecified atom stereocenters. The maximum atomic E-state index is 5.36. The maximum Gasteiger partial charge on any atom is 0.237 e. The molecule has 0 spiro atoms. The Morgan fingerprint density at radius 3 is 2.79 bits per heavy atom. The van der Waals surface area contributed by atoms with Gasteiger partial charge in [-0.1, -0.05) is 0 Å². The average molecular weight is 262 g/mol. The van der Waals surface area contributed by atoms with Crippen LogP contribution in [0.3, 0.4) is 0 Å².